The maximum atomic E-state index is 11.9. The topological polar surface area (TPSA) is 36.4 Å². The fourth-order valence-corrected chi connectivity index (χ4v) is 3.14. The number of thiazole rings is 1. The van der Waals surface area contributed by atoms with Crippen molar-refractivity contribution in [2.45, 2.75) is 39.2 Å². The summed E-state index contributed by atoms with van der Waals surface area (Å²) in [4.78, 5) is 21.5. The third-order valence-electron chi connectivity index (χ3n) is 3.03. The third kappa shape index (κ3) is 2.51. The van der Waals surface area contributed by atoms with E-state index >= 15 is 0 Å². The van der Waals surface area contributed by atoms with Crippen LogP contribution < -0.4 is 0 Å². The molecule has 4 nitrogen and oxygen atoms in total. The van der Waals surface area contributed by atoms with Crippen LogP contribution in [0.15, 0.2) is 0 Å². The van der Waals surface area contributed by atoms with Gasteiger partial charge in [0.25, 0.3) is 0 Å². The van der Waals surface area contributed by atoms with Gasteiger partial charge >= 0.3 is 6.03 Å². The normalized spacial score (nSPS) is 15.5. The van der Waals surface area contributed by atoms with E-state index in [1.807, 2.05) is 4.90 Å². The number of aromatic nitrogens is 1. The minimum absolute atomic E-state index is 0.0892. The Morgan fingerprint density at radius 3 is 2.61 bits per heavy atom. The molecule has 5 heteroatoms. The van der Waals surface area contributed by atoms with Crippen molar-refractivity contribution in [2.24, 2.45) is 0 Å². The molecule has 1 aromatic heterocycles. The fraction of sp³-hybridized carbons (Fsp3) is 0.692. The molecule has 0 spiro atoms. The van der Waals surface area contributed by atoms with Crippen LogP contribution in [0.5, 0.6) is 0 Å². The van der Waals surface area contributed by atoms with E-state index in [2.05, 4.69) is 20.8 Å². The highest BCUT2D eigenvalue weighted by Gasteiger charge is 2.27. The van der Waals surface area contributed by atoms with E-state index in [-0.39, 0.29) is 11.4 Å². The van der Waals surface area contributed by atoms with Gasteiger partial charge in [0.2, 0.25) is 0 Å². The monoisotopic (exact) mass is 267 g/mol. The van der Waals surface area contributed by atoms with Crippen molar-refractivity contribution in [1.82, 2.24) is 14.8 Å². The number of carbonyl (C=O) groups is 1. The highest BCUT2D eigenvalue weighted by atomic mass is 32.1. The summed E-state index contributed by atoms with van der Waals surface area (Å²) in [6.07, 6.45) is 0.876. The molecule has 100 valence electrons. The molecule has 0 saturated heterocycles. The van der Waals surface area contributed by atoms with Crippen LogP contribution in [0.25, 0.3) is 0 Å². The van der Waals surface area contributed by atoms with Crippen LogP contribution >= 0.6 is 11.3 Å². The predicted octanol–water partition coefficient (Wildman–Crippen LogP) is 2.48. The molecular formula is C13H21N3OS. The summed E-state index contributed by atoms with van der Waals surface area (Å²) < 4.78 is 0. The van der Waals surface area contributed by atoms with Crippen LogP contribution in [0, 0.1) is 0 Å². The first-order valence-electron chi connectivity index (χ1n) is 6.24. The summed E-state index contributed by atoms with van der Waals surface area (Å²) in [5.74, 6) is 0. The molecule has 1 aliphatic rings. The van der Waals surface area contributed by atoms with Crippen LogP contribution in [0.3, 0.4) is 0 Å². The Labute approximate surface area is 113 Å². The van der Waals surface area contributed by atoms with Crippen LogP contribution in [-0.2, 0) is 18.4 Å². The maximum absolute atomic E-state index is 11.9. The lowest BCUT2D eigenvalue weighted by Crippen LogP contribution is -2.41. The van der Waals surface area contributed by atoms with Gasteiger partial charge in [-0.2, -0.15) is 0 Å². The summed E-state index contributed by atoms with van der Waals surface area (Å²) in [7, 11) is 3.59. The maximum Gasteiger partial charge on any atom is 0.319 e. The van der Waals surface area contributed by atoms with E-state index in [1.54, 1.807) is 30.3 Å². The average molecular weight is 267 g/mol. The molecule has 2 rings (SSSR count). The van der Waals surface area contributed by atoms with Crippen LogP contribution in [0.1, 0.15) is 36.3 Å². The second-order valence-electron chi connectivity index (χ2n) is 5.99. The second kappa shape index (κ2) is 4.53. The molecule has 2 amide bonds. The Morgan fingerprint density at radius 2 is 2.06 bits per heavy atom. The number of urea groups is 1. The number of hydrogen-bond acceptors (Lipinski definition) is 3. The van der Waals surface area contributed by atoms with E-state index < -0.39 is 0 Å². The second-order valence-corrected chi connectivity index (χ2v) is 7.07. The van der Waals surface area contributed by atoms with Gasteiger partial charge in [0.15, 0.2) is 0 Å². The molecule has 0 aliphatic carbocycles. The van der Waals surface area contributed by atoms with E-state index in [1.165, 1.54) is 15.6 Å². The molecule has 0 atom stereocenters. The van der Waals surface area contributed by atoms with Gasteiger partial charge in [0, 0.05) is 37.4 Å². The van der Waals surface area contributed by atoms with E-state index in [4.69, 9.17) is 4.98 Å². The predicted molar refractivity (Wildman–Crippen MR) is 74.0 cm³/mol. The lowest BCUT2D eigenvalue weighted by atomic mass is 9.98. The van der Waals surface area contributed by atoms with Crippen molar-refractivity contribution >= 4 is 17.4 Å². The summed E-state index contributed by atoms with van der Waals surface area (Å²) in [6, 6.07) is 0.0892. The van der Waals surface area contributed by atoms with Gasteiger partial charge in [-0.25, -0.2) is 9.78 Å². The standard InChI is InChI=1S/C13H21N3OS/c1-13(2,3)11-14-9-6-7-16(8-10(9)18-11)12(17)15(4)5/h6-8H2,1-5H3. The Balaban J connectivity index is 2.20. The number of nitrogens with zero attached hydrogens (tertiary/aromatic N) is 3. The molecule has 0 fully saturated rings. The first-order valence-corrected chi connectivity index (χ1v) is 7.06. The molecule has 1 aliphatic heterocycles. The lowest BCUT2D eigenvalue weighted by molar-refractivity contribution is 0.166. The number of amides is 2. The van der Waals surface area contributed by atoms with Gasteiger partial charge < -0.3 is 9.80 Å². The summed E-state index contributed by atoms with van der Waals surface area (Å²) in [5, 5.41) is 1.17. The zero-order valence-electron chi connectivity index (χ0n) is 11.8. The van der Waals surface area contributed by atoms with Crippen molar-refractivity contribution in [2.75, 3.05) is 20.6 Å². The zero-order valence-corrected chi connectivity index (χ0v) is 12.6. The molecule has 1 aromatic rings. The molecule has 2 heterocycles. The van der Waals surface area contributed by atoms with Crippen LogP contribution in [-0.4, -0.2) is 41.5 Å². The molecule has 0 N–H and O–H groups in total. The highest BCUT2D eigenvalue weighted by molar-refractivity contribution is 7.11. The van der Waals surface area contributed by atoms with Crippen LogP contribution in [0.2, 0.25) is 0 Å². The number of carbonyl (C=O) groups excluding carboxylic acids is 1. The van der Waals surface area contributed by atoms with Gasteiger partial charge in [0.1, 0.15) is 0 Å². The first-order chi connectivity index (χ1) is 8.29. The van der Waals surface area contributed by atoms with Crippen molar-refractivity contribution < 1.29 is 4.79 Å². The van der Waals surface area contributed by atoms with Crippen molar-refractivity contribution in [1.29, 1.82) is 0 Å². The minimum atomic E-state index is 0.0892. The van der Waals surface area contributed by atoms with Crippen molar-refractivity contribution in [3.05, 3.63) is 15.6 Å². The van der Waals surface area contributed by atoms with Crippen molar-refractivity contribution in [3.8, 4) is 0 Å². The molecule has 0 saturated carbocycles. The number of hydrogen-bond donors (Lipinski definition) is 0. The zero-order chi connectivity index (χ0) is 13.5. The third-order valence-corrected chi connectivity index (χ3v) is 4.53. The van der Waals surface area contributed by atoms with Gasteiger partial charge in [-0.15, -0.1) is 11.3 Å². The Hall–Kier alpha value is -1.10. The Kier molecular flexibility index (Phi) is 3.36. The van der Waals surface area contributed by atoms with Gasteiger partial charge in [-0.05, 0) is 0 Å². The first kappa shape index (κ1) is 13.3. The van der Waals surface area contributed by atoms with Gasteiger partial charge in [0.05, 0.1) is 17.2 Å². The molecule has 0 aromatic carbocycles. The molecule has 18 heavy (non-hydrogen) atoms. The van der Waals surface area contributed by atoms with E-state index in [0.29, 0.717) is 6.54 Å². The van der Waals surface area contributed by atoms with E-state index in [9.17, 15) is 4.79 Å². The number of fused-ring (bicyclic) bond motifs is 1. The summed E-state index contributed by atoms with van der Waals surface area (Å²) in [6.45, 7) is 8.03. The number of rotatable bonds is 0. The van der Waals surface area contributed by atoms with Gasteiger partial charge in [-0.3, -0.25) is 0 Å². The van der Waals surface area contributed by atoms with Crippen LogP contribution in [0.4, 0.5) is 4.79 Å². The Morgan fingerprint density at radius 1 is 1.39 bits per heavy atom. The van der Waals surface area contributed by atoms with Gasteiger partial charge in [-0.1, -0.05) is 20.8 Å². The summed E-state index contributed by atoms with van der Waals surface area (Å²) in [5.41, 5.74) is 1.28. The largest absolute Gasteiger partial charge is 0.331 e. The molecule has 0 radical (unpaired) electrons. The smallest absolute Gasteiger partial charge is 0.319 e. The lowest BCUT2D eigenvalue weighted by Gasteiger charge is -2.28. The quantitative estimate of drug-likeness (QED) is 0.724. The highest BCUT2D eigenvalue weighted by Crippen LogP contribution is 2.32. The van der Waals surface area contributed by atoms with E-state index in [0.717, 1.165) is 13.0 Å². The summed E-state index contributed by atoms with van der Waals surface area (Å²) >= 11 is 1.75. The molecular weight excluding hydrogens is 246 g/mol. The SMILES string of the molecule is CN(C)C(=O)N1CCc2nc(C(C)(C)C)sc2C1. The van der Waals surface area contributed by atoms with Crippen molar-refractivity contribution in [3.63, 3.8) is 0 Å². The minimum Gasteiger partial charge on any atom is -0.331 e. The fourth-order valence-electron chi connectivity index (χ4n) is 1.96. The molecule has 0 unspecified atom stereocenters. The molecule has 0 bridgehead atoms. The average Bonchev–Trinajstić information content (AvgIpc) is 2.69. The Bertz CT molecular complexity index is 459.